The van der Waals surface area contributed by atoms with Crippen LogP contribution in [-0.4, -0.2) is 10.7 Å². The molecule has 0 unspecified atom stereocenters. The van der Waals surface area contributed by atoms with Crippen molar-refractivity contribution in [1.82, 2.24) is 5.01 Å². The molecule has 3 aromatic carbocycles. The number of hydrazone groups is 1. The minimum absolute atomic E-state index is 0.113. The topological polar surface area (TPSA) is 24.8 Å². The van der Waals surface area contributed by atoms with E-state index < -0.39 is 12.0 Å². The van der Waals surface area contributed by atoms with Gasteiger partial charge in [0.05, 0.1) is 22.3 Å². The molecule has 0 radical (unpaired) electrons. The highest BCUT2D eigenvalue weighted by atomic mass is 35.5. The summed E-state index contributed by atoms with van der Waals surface area (Å²) in [6.07, 6.45) is -0.0860. The van der Waals surface area contributed by atoms with Gasteiger partial charge in [0.25, 0.3) is 0 Å². The van der Waals surface area contributed by atoms with Crippen LogP contribution in [0.15, 0.2) is 71.8 Å². The van der Waals surface area contributed by atoms with Gasteiger partial charge in [0, 0.05) is 17.0 Å². The average Bonchev–Trinajstić information content (AvgIpc) is 3.15. The minimum atomic E-state index is -0.756. The second kappa shape index (κ2) is 6.80. The van der Waals surface area contributed by atoms with E-state index in [0.717, 1.165) is 16.8 Å². The number of ether oxygens (including phenoxy) is 1. The lowest BCUT2D eigenvalue weighted by Gasteiger charge is -2.38. The van der Waals surface area contributed by atoms with E-state index in [0.29, 0.717) is 22.2 Å². The minimum Gasteiger partial charge on any atom is -0.464 e. The zero-order valence-electron chi connectivity index (χ0n) is 14.6. The summed E-state index contributed by atoms with van der Waals surface area (Å²) in [6, 6.07) is 19.9. The maximum atomic E-state index is 14.7. The summed E-state index contributed by atoms with van der Waals surface area (Å²) in [5, 5.41) is 7.54. The maximum absolute atomic E-state index is 14.7. The quantitative estimate of drug-likeness (QED) is 0.487. The number of fused-ring (bicyclic) bond motifs is 3. The van der Waals surface area contributed by atoms with Gasteiger partial charge >= 0.3 is 0 Å². The van der Waals surface area contributed by atoms with E-state index in [4.69, 9.17) is 33.0 Å². The van der Waals surface area contributed by atoms with Crippen LogP contribution in [0.3, 0.4) is 0 Å². The lowest BCUT2D eigenvalue weighted by molar-refractivity contribution is -0.0211. The van der Waals surface area contributed by atoms with Crippen LogP contribution in [0.2, 0.25) is 10.0 Å². The van der Waals surface area contributed by atoms with Gasteiger partial charge in [0.2, 0.25) is 6.23 Å². The number of hydrogen-bond donors (Lipinski definition) is 0. The largest absolute Gasteiger partial charge is 0.464 e. The molecule has 0 saturated heterocycles. The first-order valence-corrected chi connectivity index (χ1v) is 9.68. The number of halogens is 3. The molecular weight excluding hydrogens is 398 g/mol. The number of rotatable bonds is 2. The van der Waals surface area contributed by atoms with Gasteiger partial charge < -0.3 is 4.74 Å². The third-order valence-electron chi connectivity index (χ3n) is 5.11. The fourth-order valence-electron chi connectivity index (χ4n) is 3.80. The molecule has 2 aliphatic heterocycles. The molecule has 140 valence electrons. The van der Waals surface area contributed by atoms with Crippen molar-refractivity contribution in [3.05, 3.63) is 99.3 Å². The van der Waals surface area contributed by atoms with E-state index in [2.05, 4.69) is 0 Å². The van der Waals surface area contributed by atoms with Gasteiger partial charge in [-0.1, -0.05) is 59.6 Å². The van der Waals surface area contributed by atoms with Crippen molar-refractivity contribution in [3.63, 3.8) is 0 Å². The van der Waals surface area contributed by atoms with Gasteiger partial charge in [-0.15, -0.1) is 0 Å². The first-order chi connectivity index (χ1) is 13.6. The van der Waals surface area contributed by atoms with Crippen molar-refractivity contribution >= 4 is 28.9 Å². The molecule has 0 bridgehead atoms. The zero-order valence-corrected chi connectivity index (χ0v) is 16.2. The second-order valence-corrected chi connectivity index (χ2v) is 7.64. The summed E-state index contributed by atoms with van der Waals surface area (Å²) < 4.78 is 20.9. The first-order valence-electron chi connectivity index (χ1n) is 8.93. The Labute approximate surface area is 172 Å². The Hall–Kier alpha value is -2.56. The van der Waals surface area contributed by atoms with Crippen molar-refractivity contribution in [2.24, 2.45) is 5.10 Å². The van der Waals surface area contributed by atoms with Crippen LogP contribution in [-0.2, 0) is 0 Å². The van der Waals surface area contributed by atoms with Gasteiger partial charge in [0.15, 0.2) is 0 Å². The SMILES string of the molecule is Fc1cccc(Cl)c1[C@H]1Oc2ccc(Cl)cc2[C@H]2CC(c3ccccc3)=NN21. The van der Waals surface area contributed by atoms with Crippen LogP contribution < -0.4 is 4.74 Å². The lowest BCUT2D eigenvalue weighted by Crippen LogP contribution is -2.34. The van der Waals surface area contributed by atoms with Crippen LogP contribution in [0.25, 0.3) is 0 Å². The molecule has 0 aliphatic carbocycles. The summed E-state index contributed by atoms with van der Waals surface area (Å²) in [4.78, 5) is 0. The van der Waals surface area contributed by atoms with E-state index in [1.54, 1.807) is 23.2 Å². The summed E-state index contributed by atoms with van der Waals surface area (Å²) in [5.41, 5.74) is 3.16. The predicted octanol–water partition coefficient (Wildman–Crippen LogP) is 6.37. The molecule has 0 amide bonds. The Kier molecular flexibility index (Phi) is 4.26. The van der Waals surface area contributed by atoms with E-state index >= 15 is 0 Å². The average molecular weight is 413 g/mol. The predicted molar refractivity (Wildman–Crippen MR) is 108 cm³/mol. The maximum Gasteiger partial charge on any atom is 0.218 e. The standard InChI is InChI=1S/C22H15Cl2FN2O/c23-14-9-10-20-15(11-14)19-12-18(13-5-2-1-3-6-13)26-27(19)22(28-20)21-16(24)7-4-8-17(21)25/h1-11,19,22H,12H2/t19-,22-/m1/s1. The van der Waals surface area contributed by atoms with Crippen molar-refractivity contribution < 1.29 is 9.13 Å². The monoisotopic (exact) mass is 412 g/mol. The van der Waals surface area contributed by atoms with Gasteiger partial charge in [-0.25, -0.2) is 9.40 Å². The van der Waals surface area contributed by atoms with Crippen molar-refractivity contribution in [2.45, 2.75) is 18.7 Å². The molecule has 0 spiro atoms. The molecule has 5 rings (SSSR count). The summed E-state index contributed by atoms with van der Waals surface area (Å²) >= 11 is 12.6. The Balaban J connectivity index is 1.66. The summed E-state index contributed by atoms with van der Waals surface area (Å²) in [7, 11) is 0. The third kappa shape index (κ3) is 2.84. The molecule has 0 fully saturated rings. The van der Waals surface area contributed by atoms with Crippen molar-refractivity contribution in [3.8, 4) is 5.75 Å². The Morgan fingerprint density at radius 3 is 2.61 bits per heavy atom. The molecular formula is C22H15Cl2FN2O. The number of nitrogens with zero attached hydrogens (tertiary/aromatic N) is 2. The number of hydrogen-bond acceptors (Lipinski definition) is 3. The molecule has 0 saturated carbocycles. The van der Waals surface area contributed by atoms with Crippen LogP contribution in [0.4, 0.5) is 4.39 Å². The van der Waals surface area contributed by atoms with Crippen molar-refractivity contribution in [2.75, 3.05) is 0 Å². The second-order valence-electron chi connectivity index (χ2n) is 6.80. The molecule has 2 atom stereocenters. The molecule has 2 aliphatic rings. The van der Waals surface area contributed by atoms with Gasteiger partial charge in [0.1, 0.15) is 11.6 Å². The van der Waals surface area contributed by atoms with E-state index in [-0.39, 0.29) is 11.6 Å². The highest BCUT2D eigenvalue weighted by Gasteiger charge is 2.42. The Morgan fingerprint density at radius 1 is 1.00 bits per heavy atom. The van der Waals surface area contributed by atoms with Crippen LogP contribution in [0.5, 0.6) is 5.75 Å². The van der Waals surface area contributed by atoms with Gasteiger partial charge in [-0.2, -0.15) is 5.10 Å². The molecule has 28 heavy (non-hydrogen) atoms. The number of benzene rings is 3. The highest BCUT2D eigenvalue weighted by molar-refractivity contribution is 6.31. The van der Waals surface area contributed by atoms with Gasteiger partial charge in [-0.3, -0.25) is 0 Å². The van der Waals surface area contributed by atoms with E-state index in [9.17, 15) is 4.39 Å². The third-order valence-corrected chi connectivity index (χ3v) is 5.67. The normalized spacial score (nSPS) is 20.2. The fraction of sp³-hybridized carbons (Fsp3) is 0.136. The van der Waals surface area contributed by atoms with Crippen LogP contribution in [0, 0.1) is 5.82 Å². The van der Waals surface area contributed by atoms with Crippen LogP contribution in [0.1, 0.15) is 35.4 Å². The molecule has 0 N–H and O–H groups in total. The highest BCUT2D eigenvalue weighted by Crippen LogP contribution is 2.49. The first kappa shape index (κ1) is 17.5. The molecule has 0 aromatic heterocycles. The fourth-order valence-corrected chi connectivity index (χ4v) is 4.24. The Bertz CT molecular complexity index is 1070. The summed E-state index contributed by atoms with van der Waals surface area (Å²) in [5.74, 6) is 0.247. The van der Waals surface area contributed by atoms with Gasteiger partial charge in [-0.05, 0) is 35.9 Å². The van der Waals surface area contributed by atoms with E-state index in [1.165, 1.54) is 6.07 Å². The molecule has 2 heterocycles. The lowest BCUT2D eigenvalue weighted by atomic mass is 9.96. The Morgan fingerprint density at radius 2 is 1.82 bits per heavy atom. The summed E-state index contributed by atoms with van der Waals surface area (Å²) in [6.45, 7) is 0. The zero-order chi connectivity index (χ0) is 19.3. The van der Waals surface area contributed by atoms with Crippen LogP contribution >= 0.6 is 23.2 Å². The van der Waals surface area contributed by atoms with E-state index in [1.807, 2.05) is 42.5 Å². The molecule has 3 nitrogen and oxygen atoms in total. The smallest absolute Gasteiger partial charge is 0.218 e. The molecule has 3 aromatic rings. The van der Waals surface area contributed by atoms with Crippen molar-refractivity contribution in [1.29, 1.82) is 0 Å². The molecule has 6 heteroatoms.